The van der Waals surface area contributed by atoms with Crippen LogP contribution in [-0.4, -0.2) is 14.2 Å². The summed E-state index contributed by atoms with van der Waals surface area (Å²) in [5.41, 5.74) is 15.5. The van der Waals surface area contributed by atoms with Crippen LogP contribution in [0.15, 0.2) is 72.8 Å². The van der Waals surface area contributed by atoms with Crippen molar-refractivity contribution in [2.24, 2.45) is 29.6 Å². The predicted octanol–water partition coefficient (Wildman–Crippen LogP) is 15.9. The van der Waals surface area contributed by atoms with Crippen LogP contribution < -0.4 is 9.47 Å². The van der Waals surface area contributed by atoms with Crippen molar-refractivity contribution in [3.05, 3.63) is 128 Å². The van der Waals surface area contributed by atoms with Crippen LogP contribution in [-0.2, 0) is 25.7 Å². The molecule has 2 heteroatoms. The molecule has 0 saturated heterocycles. The lowest BCUT2D eigenvalue weighted by molar-refractivity contribution is 0.327. The van der Waals surface area contributed by atoms with Crippen molar-refractivity contribution < 1.29 is 9.47 Å². The molecule has 59 heavy (non-hydrogen) atoms. The molecular formula is C57H82O2. The molecule has 0 radical (unpaired) electrons. The highest BCUT2D eigenvalue weighted by Gasteiger charge is 2.29. The highest BCUT2D eigenvalue weighted by molar-refractivity contribution is 5.44. The van der Waals surface area contributed by atoms with Gasteiger partial charge in [-0.25, -0.2) is 0 Å². The van der Waals surface area contributed by atoms with Gasteiger partial charge in [-0.3, -0.25) is 0 Å². The summed E-state index contributed by atoms with van der Waals surface area (Å²) in [7, 11) is 3.51. The molecule has 2 nitrogen and oxygen atoms in total. The largest absolute Gasteiger partial charge is 0.497 e. The molecule has 0 saturated carbocycles. The molecule has 0 bridgehead atoms. The van der Waals surface area contributed by atoms with Gasteiger partial charge in [-0.05, 0) is 206 Å². The van der Waals surface area contributed by atoms with Gasteiger partial charge in [0.05, 0.1) is 14.2 Å². The maximum atomic E-state index is 5.44. The molecule has 4 aromatic rings. The third-order valence-electron chi connectivity index (χ3n) is 14.5. The Hall–Kier alpha value is -3.52. The third kappa shape index (κ3) is 11.7. The molecule has 0 fully saturated rings. The smallest absolute Gasteiger partial charge is 0.122 e. The summed E-state index contributed by atoms with van der Waals surface area (Å²) in [6.45, 7) is 25.6. The summed E-state index contributed by atoms with van der Waals surface area (Å²) in [4.78, 5) is 0. The molecule has 4 aliphatic rings. The highest BCUT2D eigenvalue weighted by atomic mass is 16.5. The number of methoxy groups -OCH3 is 2. The Labute approximate surface area is 362 Å². The number of hydrogen-bond acceptors (Lipinski definition) is 2. The van der Waals surface area contributed by atoms with Gasteiger partial charge in [-0.1, -0.05) is 122 Å². The van der Waals surface area contributed by atoms with E-state index in [0.29, 0.717) is 0 Å². The molecule has 0 aliphatic heterocycles. The summed E-state index contributed by atoms with van der Waals surface area (Å²) >= 11 is 0. The van der Waals surface area contributed by atoms with Gasteiger partial charge in [0, 0.05) is 0 Å². The van der Waals surface area contributed by atoms with Gasteiger partial charge in [-0.2, -0.15) is 0 Å². The number of fused-ring (bicyclic) bond motifs is 4. The van der Waals surface area contributed by atoms with E-state index in [1.54, 1.807) is 42.0 Å². The van der Waals surface area contributed by atoms with Gasteiger partial charge in [0.2, 0.25) is 0 Å². The van der Waals surface area contributed by atoms with Gasteiger partial charge < -0.3 is 9.47 Å². The second-order valence-electron chi connectivity index (χ2n) is 20.0. The minimum atomic E-state index is 0.726. The predicted molar refractivity (Wildman–Crippen MR) is 255 cm³/mol. The van der Waals surface area contributed by atoms with E-state index in [-0.39, 0.29) is 0 Å². The maximum Gasteiger partial charge on any atom is 0.122 e. The summed E-state index contributed by atoms with van der Waals surface area (Å²) in [5, 5.41) is 0. The lowest BCUT2D eigenvalue weighted by Crippen LogP contribution is -2.22. The van der Waals surface area contributed by atoms with E-state index in [0.717, 1.165) is 64.8 Å². The highest BCUT2D eigenvalue weighted by Crippen LogP contribution is 2.43. The van der Waals surface area contributed by atoms with Gasteiger partial charge >= 0.3 is 0 Å². The molecule has 4 aliphatic carbocycles. The minimum absolute atomic E-state index is 0.726. The Morgan fingerprint density at radius 3 is 1.71 bits per heavy atom. The van der Waals surface area contributed by atoms with E-state index in [1.807, 2.05) is 0 Å². The van der Waals surface area contributed by atoms with E-state index in [9.17, 15) is 0 Å². The monoisotopic (exact) mass is 799 g/mol. The molecule has 0 aromatic heterocycles. The van der Waals surface area contributed by atoms with Crippen LogP contribution in [0.5, 0.6) is 11.5 Å². The Balaban J connectivity index is 0.000000150. The Morgan fingerprint density at radius 2 is 1.08 bits per heavy atom. The zero-order chi connectivity index (χ0) is 42.8. The fourth-order valence-electron chi connectivity index (χ4n) is 11.4. The van der Waals surface area contributed by atoms with Crippen LogP contribution in [0.4, 0.5) is 0 Å². The average molecular weight is 799 g/mol. The molecule has 322 valence electrons. The first-order valence-electron chi connectivity index (χ1n) is 23.8. The van der Waals surface area contributed by atoms with E-state index >= 15 is 0 Å². The van der Waals surface area contributed by atoms with Crippen LogP contribution in [0.1, 0.15) is 187 Å². The van der Waals surface area contributed by atoms with Crippen LogP contribution >= 0.6 is 0 Å². The average Bonchev–Trinajstić information content (AvgIpc) is 3.22. The first-order chi connectivity index (χ1) is 28.2. The first-order valence-corrected chi connectivity index (χ1v) is 23.8. The van der Waals surface area contributed by atoms with E-state index in [4.69, 9.17) is 9.47 Å². The third-order valence-corrected chi connectivity index (χ3v) is 14.5. The first kappa shape index (κ1) is 46.5. The molecule has 4 aromatic carbocycles. The van der Waals surface area contributed by atoms with Crippen molar-refractivity contribution in [2.45, 2.75) is 170 Å². The van der Waals surface area contributed by atoms with Crippen LogP contribution in [0.3, 0.4) is 0 Å². The molecule has 5 unspecified atom stereocenters. The number of rotatable bonds is 6. The number of aryl methyl sites for hydroxylation is 4. The molecule has 0 amide bonds. The fraction of sp³-hybridized carbons (Fsp3) is 0.579. The lowest BCUT2D eigenvalue weighted by atomic mass is 9.71. The Bertz CT molecular complexity index is 1910. The van der Waals surface area contributed by atoms with Gasteiger partial charge in [0.25, 0.3) is 0 Å². The normalized spacial score (nSPS) is 21.7. The number of hydrogen-bond donors (Lipinski definition) is 0. The summed E-state index contributed by atoms with van der Waals surface area (Å²) < 4.78 is 10.7. The van der Waals surface area contributed by atoms with E-state index in [1.165, 1.54) is 98.4 Å². The number of benzene rings is 4. The van der Waals surface area contributed by atoms with Crippen molar-refractivity contribution in [3.8, 4) is 11.5 Å². The van der Waals surface area contributed by atoms with Crippen molar-refractivity contribution in [2.75, 3.05) is 14.2 Å². The quantitative estimate of drug-likeness (QED) is 0.193. The van der Waals surface area contributed by atoms with Gasteiger partial charge in [-0.15, -0.1) is 0 Å². The van der Waals surface area contributed by atoms with Gasteiger partial charge in [0.15, 0.2) is 0 Å². The van der Waals surface area contributed by atoms with Crippen molar-refractivity contribution in [1.82, 2.24) is 0 Å². The minimum Gasteiger partial charge on any atom is -0.497 e. The fourth-order valence-corrected chi connectivity index (χ4v) is 11.4. The molecule has 5 atom stereocenters. The van der Waals surface area contributed by atoms with Crippen molar-refractivity contribution in [3.63, 3.8) is 0 Å². The lowest BCUT2D eigenvalue weighted by Gasteiger charge is -2.34. The summed E-state index contributed by atoms with van der Waals surface area (Å²) in [6.07, 6.45) is 14.4. The van der Waals surface area contributed by atoms with Crippen LogP contribution in [0.25, 0.3) is 0 Å². The molecule has 0 N–H and O–H groups in total. The van der Waals surface area contributed by atoms with Crippen LogP contribution in [0.2, 0.25) is 0 Å². The van der Waals surface area contributed by atoms with Crippen molar-refractivity contribution in [1.29, 1.82) is 0 Å². The number of ether oxygens (including phenoxy) is 2. The van der Waals surface area contributed by atoms with Gasteiger partial charge in [0.1, 0.15) is 11.5 Å². The SMILES string of the molecule is CC(C)C1c2ccccc2CCC1C.COc1ccc2c(c1)CCCC2C(C)C.COc1cccc2c1CCCC2C(C)C.Cc1cc(C)c2c(c1)C(C(C)C)CCC2. The Kier molecular flexibility index (Phi) is 17.2. The molecule has 8 rings (SSSR count). The van der Waals surface area contributed by atoms with E-state index in [2.05, 4.69) is 149 Å². The van der Waals surface area contributed by atoms with Crippen LogP contribution in [0, 0.1) is 43.4 Å². The van der Waals surface area contributed by atoms with Crippen molar-refractivity contribution >= 4 is 0 Å². The zero-order valence-corrected chi connectivity index (χ0v) is 39.7. The summed E-state index contributed by atoms with van der Waals surface area (Å²) in [5.74, 6) is 9.02. The summed E-state index contributed by atoms with van der Waals surface area (Å²) in [6, 6.07) is 26.8. The molecule has 0 spiro atoms. The second kappa shape index (κ2) is 21.8. The molecule has 0 heterocycles. The molecular weight excluding hydrogens is 717 g/mol. The zero-order valence-electron chi connectivity index (χ0n) is 39.7. The Morgan fingerprint density at radius 1 is 0.492 bits per heavy atom. The maximum absolute atomic E-state index is 5.44. The topological polar surface area (TPSA) is 18.5 Å². The standard InChI is InChI=1S/C15H22.2C14H20O.C14H20/c1-10(2)13-6-5-7-14-12(4)8-11(3)9-15(13)14;1-10(2)11-6-4-8-13-12(11)7-5-9-14(13)15-3;1-10(2)13-6-4-5-11-9-12(15-3)7-8-14(11)13;1-10(2)14-11(3)8-9-12-6-4-5-7-13(12)14/h8-10,13H,5-7H2,1-4H3;5,7,9-11H,4,6,8H2,1-3H3;7-10,13H,4-6H2,1-3H3;4-7,10-11,14H,8-9H2,1-3H3. The van der Waals surface area contributed by atoms with E-state index < -0.39 is 0 Å². The second-order valence-corrected chi connectivity index (χ2v) is 20.0.